The van der Waals surface area contributed by atoms with E-state index in [1.165, 1.54) is 11.3 Å². The zero-order chi connectivity index (χ0) is 24.0. The molecule has 5 rings (SSSR count). The Morgan fingerprint density at radius 3 is 2.85 bits per heavy atom. The van der Waals surface area contributed by atoms with Crippen LogP contribution in [0.5, 0.6) is 0 Å². The highest BCUT2D eigenvalue weighted by molar-refractivity contribution is 7.19. The average molecular weight is 500 g/mol. The number of hydrogen-bond donors (Lipinski definition) is 1. The van der Waals surface area contributed by atoms with Crippen molar-refractivity contribution in [2.75, 3.05) is 24.5 Å². The van der Waals surface area contributed by atoms with Crippen LogP contribution in [0.3, 0.4) is 0 Å². The van der Waals surface area contributed by atoms with Crippen LogP contribution in [0.15, 0.2) is 30.5 Å². The van der Waals surface area contributed by atoms with Gasteiger partial charge in [0.1, 0.15) is 5.60 Å². The zero-order valence-electron chi connectivity index (χ0n) is 19.8. The van der Waals surface area contributed by atoms with E-state index < -0.39 is 5.60 Å². The second-order valence-electron chi connectivity index (χ2n) is 10.1. The van der Waals surface area contributed by atoms with Crippen molar-refractivity contribution in [1.29, 1.82) is 0 Å². The molecule has 0 spiro atoms. The van der Waals surface area contributed by atoms with E-state index in [2.05, 4.69) is 16.0 Å². The Kier molecular flexibility index (Phi) is 6.21. The number of carbonyl (C=O) groups excluding carboxylic acids is 1. The second kappa shape index (κ2) is 9.02. The van der Waals surface area contributed by atoms with Gasteiger partial charge in [0.05, 0.1) is 16.8 Å². The number of ether oxygens (including phenoxy) is 1. The van der Waals surface area contributed by atoms with Gasteiger partial charge in [-0.2, -0.15) is 0 Å². The quantitative estimate of drug-likeness (QED) is 0.488. The maximum Gasteiger partial charge on any atom is 0.410 e. The Bertz CT molecular complexity index is 1240. The third kappa shape index (κ3) is 4.49. The maximum atomic E-state index is 12.7. The summed E-state index contributed by atoms with van der Waals surface area (Å²) in [4.78, 5) is 22.4. The van der Waals surface area contributed by atoms with Crippen molar-refractivity contribution >= 4 is 44.9 Å². The number of rotatable bonds is 3. The van der Waals surface area contributed by atoms with Crippen LogP contribution >= 0.6 is 22.9 Å². The first kappa shape index (κ1) is 23.4. The number of thiophene rings is 1. The molecule has 1 atom stereocenters. The van der Waals surface area contributed by atoms with Crippen molar-refractivity contribution in [2.45, 2.75) is 58.3 Å². The molecule has 2 aliphatic rings. The molecule has 2 aromatic heterocycles. The molecule has 3 aromatic rings. The van der Waals surface area contributed by atoms with Gasteiger partial charge in [-0.15, -0.1) is 11.3 Å². The van der Waals surface area contributed by atoms with Gasteiger partial charge in [0.15, 0.2) is 0 Å². The Hall–Kier alpha value is -2.35. The highest BCUT2D eigenvalue weighted by atomic mass is 35.5. The summed E-state index contributed by atoms with van der Waals surface area (Å²) in [6, 6.07) is 8.35. The molecule has 0 unspecified atom stereocenters. The Morgan fingerprint density at radius 2 is 2.09 bits per heavy atom. The summed E-state index contributed by atoms with van der Waals surface area (Å²) in [5, 5.41) is 10.4. The summed E-state index contributed by atoms with van der Waals surface area (Å²) in [5.74, 6) is 0. The van der Waals surface area contributed by atoms with Crippen LogP contribution < -0.4 is 4.90 Å². The Labute approximate surface area is 209 Å². The van der Waals surface area contributed by atoms with Gasteiger partial charge < -0.3 is 19.6 Å². The van der Waals surface area contributed by atoms with Gasteiger partial charge in [-0.1, -0.05) is 11.6 Å². The van der Waals surface area contributed by atoms with Crippen LogP contribution in [0.4, 0.5) is 10.5 Å². The van der Waals surface area contributed by atoms with Crippen LogP contribution in [0.25, 0.3) is 21.3 Å². The largest absolute Gasteiger partial charge is 0.444 e. The minimum atomic E-state index is -0.502. The van der Waals surface area contributed by atoms with E-state index in [-0.39, 0.29) is 18.7 Å². The standard InChI is InChI=1S/C26H30ClN3O3S/c1-26(2,3)33-25(32)29-10-7-18(14-29)30-9-4-5-16-11-17(27)12-21(23(16)30)20-6-8-28-22-13-19(15-31)34-24(20)22/h6,8,11-13,18,31H,4-5,7,9-10,14-15H2,1-3H3/t18-/m0/s1. The third-order valence-electron chi connectivity index (χ3n) is 6.45. The van der Waals surface area contributed by atoms with E-state index in [4.69, 9.17) is 16.3 Å². The number of pyridine rings is 1. The second-order valence-corrected chi connectivity index (χ2v) is 11.6. The van der Waals surface area contributed by atoms with Gasteiger partial charge in [0.2, 0.25) is 0 Å². The number of aliphatic hydroxyl groups excluding tert-OH is 1. The summed E-state index contributed by atoms with van der Waals surface area (Å²) in [7, 11) is 0. The Balaban J connectivity index is 1.53. The van der Waals surface area contributed by atoms with Gasteiger partial charge in [-0.05, 0) is 69.9 Å². The molecule has 1 fully saturated rings. The molecule has 6 nitrogen and oxygen atoms in total. The van der Waals surface area contributed by atoms with Crippen molar-refractivity contribution in [2.24, 2.45) is 0 Å². The van der Waals surface area contributed by atoms with E-state index in [9.17, 15) is 9.90 Å². The van der Waals surface area contributed by atoms with Gasteiger partial charge in [-0.3, -0.25) is 4.98 Å². The lowest BCUT2D eigenvalue weighted by Gasteiger charge is -2.38. The molecule has 1 saturated heterocycles. The number of nitrogens with zero attached hydrogens (tertiary/aromatic N) is 3. The summed E-state index contributed by atoms with van der Waals surface area (Å²) >= 11 is 8.18. The predicted molar refractivity (Wildman–Crippen MR) is 138 cm³/mol. The molecule has 2 aliphatic heterocycles. The minimum absolute atomic E-state index is 0.00280. The highest BCUT2D eigenvalue weighted by Crippen LogP contribution is 2.45. The number of aromatic nitrogens is 1. The van der Waals surface area contributed by atoms with Crippen molar-refractivity contribution < 1.29 is 14.6 Å². The first-order valence-corrected chi connectivity index (χ1v) is 13.0. The van der Waals surface area contributed by atoms with E-state index in [1.54, 1.807) is 11.3 Å². The first-order chi connectivity index (χ1) is 16.2. The van der Waals surface area contributed by atoms with Crippen LogP contribution in [-0.2, 0) is 17.8 Å². The van der Waals surface area contributed by atoms with Crippen molar-refractivity contribution in [3.8, 4) is 11.1 Å². The highest BCUT2D eigenvalue weighted by Gasteiger charge is 2.36. The number of anilines is 1. The molecule has 8 heteroatoms. The van der Waals surface area contributed by atoms with Crippen LogP contribution in [0.1, 0.15) is 44.1 Å². The number of likely N-dealkylation sites (tertiary alicyclic amines) is 1. The van der Waals surface area contributed by atoms with E-state index in [0.717, 1.165) is 57.1 Å². The van der Waals surface area contributed by atoms with E-state index >= 15 is 0 Å². The first-order valence-electron chi connectivity index (χ1n) is 11.8. The summed E-state index contributed by atoms with van der Waals surface area (Å²) < 4.78 is 6.68. The maximum absolute atomic E-state index is 12.7. The molecule has 0 bridgehead atoms. The van der Waals surface area contributed by atoms with Crippen LogP contribution in [0.2, 0.25) is 5.02 Å². The fraction of sp³-hybridized carbons (Fsp3) is 0.462. The molecule has 34 heavy (non-hydrogen) atoms. The molecular weight excluding hydrogens is 470 g/mol. The minimum Gasteiger partial charge on any atom is -0.444 e. The number of carbonyl (C=O) groups is 1. The summed E-state index contributed by atoms with van der Waals surface area (Å²) in [6.45, 7) is 7.99. The molecule has 1 N–H and O–H groups in total. The van der Waals surface area contributed by atoms with Gasteiger partial charge in [-0.25, -0.2) is 4.79 Å². The number of amides is 1. The van der Waals surface area contributed by atoms with Gasteiger partial charge >= 0.3 is 6.09 Å². The topological polar surface area (TPSA) is 65.9 Å². The lowest BCUT2D eigenvalue weighted by molar-refractivity contribution is 0.0292. The molecule has 0 radical (unpaired) electrons. The Morgan fingerprint density at radius 1 is 1.26 bits per heavy atom. The number of benzene rings is 1. The molecule has 1 aromatic carbocycles. The number of hydrogen-bond acceptors (Lipinski definition) is 6. The summed E-state index contributed by atoms with van der Waals surface area (Å²) in [6.07, 6.45) is 4.51. The molecular formula is C26H30ClN3O3S. The number of aryl methyl sites for hydroxylation is 1. The molecule has 4 heterocycles. The predicted octanol–water partition coefficient (Wildman–Crippen LogP) is 5.87. The lowest BCUT2D eigenvalue weighted by Crippen LogP contribution is -2.43. The smallest absolute Gasteiger partial charge is 0.410 e. The van der Waals surface area contributed by atoms with Gasteiger partial charge in [0.25, 0.3) is 0 Å². The van der Waals surface area contributed by atoms with Crippen LogP contribution in [0, 0.1) is 0 Å². The fourth-order valence-corrected chi connectivity index (χ4v) is 6.32. The average Bonchev–Trinajstić information content (AvgIpc) is 3.44. The third-order valence-corrected chi connectivity index (χ3v) is 7.81. The molecule has 0 saturated carbocycles. The molecule has 0 aliphatic carbocycles. The monoisotopic (exact) mass is 499 g/mol. The number of fused-ring (bicyclic) bond motifs is 2. The SMILES string of the molecule is CC(C)(C)OC(=O)N1CC[C@H](N2CCCc3cc(Cl)cc(-c4ccnc5cc(CO)sc45)c32)C1. The lowest BCUT2D eigenvalue weighted by atomic mass is 9.92. The van der Waals surface area contributed by atoms with Crippen molar-refractivity contribution in [1.82, 2.24) is 9.88 Å². The number of halogens is 1. The van der Waals surface area contributed by atoms with Crippen LogP contribution in [-0.4, -0.2) is 52.4 Å². The molecule has 180 valence electrons. The van der Waals surface area contributed by atoms with Crippen molar-refractivity contribution in [3.63, 3.8) is 0 Å². The summed E-state index contributed by atoms with van der Waals surface area (Å²) in [5.41, 5.74) is 5.02. The van der Waals surface area contributed by atoms with E-state index in [1.807, 2.05) is 50.1 Å². The van der Waals surface area contributed by atoms with Crippen molar-refractivity contribution in [3.05, 3.63) is 45.9 Å². The number of aliphatic hydroxyl groups is 1. The fourth-order valence-electron chi connectivity index (χ4n) is 5.07. The zero-order valence-corrected chi connectivity index (χ0v) is 21.4. The normalized spacial score (nSPS) is 18.4. The van der Waals surface area contributed by atoms with Gasteiger partial charge in [0, 0.05) is 58.6 Å². The molecule has 1 amide bonds. The van der Waals surface area contributed by atoms with E-state index in [0.29, 0.717) is 13.1 Å².